The third-order valence-electron chi connectivity index (χ3n) is 3.11. The minimum absolute atomic E-state index is 0.238. The Labute approximate surface area is 97.9 Å². The Kier molecular flexibility index (Phi) is 4.96. The summed E-state index contributed by atoms with van der Waals surface area (Å²) in [5, 5.41) is 13.2. The number of rotatable bonds is 6. The summed E-state index contributed by atoms with van der Waals surface area (Å²) in [4.78, 5) is 2.15. The highest BCUT2D eigenvalue weighted by atomic mass is 16.3. The van der Waals surface area contributed by atoms with Crippen molar-refractivity contribution in [3.8, 4) is 0 Å². The van der Waals surface area contributed by atoms with Crippen molar-refractivity contribution in [1.82, 2.24) is 14.7 Å². The van der Waals surface area contributed by atoms with Crippen LogP contribution in [-0.4, -0.2) is 46.5 Å². The Balaban J connectivity index is 2.43. The van der Waals surface area contributed by atoms with Crippen LogP contribution in [0, 0.1) is 13.8 Å². The van der Waals surface area contributed by atoms with Crippen molar-refractivity contribution in [3.63, 3.8) is 0 Å². The minimum atomic E-state index is 0.238. The average molecular weight is 225 g/mol. The van der Waals surface area contributed by atoms with E-state index in [0.717, 1.165) is 31.6 Å². The quantitative estimate of drug-likeness (QED) is 0.782. The number of aliphatic hydroxyl groups is 1. The number of aromatic nitrogens is 2. The average Bonchev–Trinajstić information content (AvgIpc) is 2.45. The number of likely N-dealkylation sites (N-methyl/N-ethyl adjacent to an activating group) is 1. The van der Waals surface area contributed by atoms with Gasteiger partial charge in [0.15, 0.2) is 0 Å². The molecule has 92 valence electrons. The molecule has 1 N–H and O–H groups in total. The maximum absolute atomic E-state index is 8.79. The fraction of sp³-hybridized carbons (Fsp3) is 0.750. The van der Waals surface area contributed by atoms with Crippen LogP contribution in [0.15, 0.2) is 0 Å². The van der Waals surface area contributed by atoms with Gasteiger partial charge in [-0.3, -0.25) is 4.68 Å². The number of nitrogens with zero attached hydrogens (tertiary/aromatic N) is 3. The predicted molar refractivity (Wildman–Crippen MR) is 65.6 cm³/mol. The van der Waals surface area contributed by atoms with Gasteiger partial charge in [0.05, 0.1) is 12.3 Å². The molecule has 4 nitrogen and oxygen atoms in total. The highest BCUT2D eigenvalue weighted by Crippen LogP contribution is 2.13. The molecule has 0 saturated carbocycles. The van der Waals surface area contributed by atoms with Gasteiger partial charge in [-0.15, -0.1) is 0 Å². The Morgan fingerprint density at radius 3 is 2.50 bits per heavy atom. The molecular formula is C12H23N3O. The van der Waals surface area contributed by atoms with Crippen molar-refractivity contribution in [2.45, 2.75) is 26.7 Å². The molecule has 0 unspecified atom stereocenters. The monoisotopic (exact) mass is 225 g/mol. The number of aliphatic hydroxyl groups excluding tert-OH is 1. The second-order valence-corrected chi connectivity index (χ2v) is 4.40. The topological polar surface area (TPSA) is 41.3 Å². The summed E-state index contributed by atoms with van der Waals surface area (Å²) >= 11 is 0. The molecule has 0 radical (unpaired) electrons. The van der Waals surface area contributed by atoms with Gasteiger partial charge in [-0.1, -0.05) is 0 Å². The summed E-state index contributed by atoms with van der Waals surface area (Å²) in [6.45, 7) is 6.20. The fourth-order valence-corrected chi connectivity index (χ4v) is 1.99. The van der Waals surface area contributed by atoms with Crippen LogP contribution in [-0.2, 0) is 13.5 Å². The zero-order valence-corrected chi connectivity index (χ0v) is 10.8. The Morgan fingerprint density at radius 1 is 1.31 bits per heavy atom. The molecule has 1 heterocycles. The van der Waals surface area contributed by atoms with E-state index in [2.05, 4.69) is 23.8 Å². The van der Waals surface area contributed by atoms with E-state index in [1.165, 1.54) is 11.3 Å². The van der Waals surface area contributed by atoms with Crippen LogP contribution < -0.4 is 0 Å². The van der Waals surface area contributed by atoms with Gasteiger partial charge in [0.25, 0.3) is 0 Å². The molecule has 0 spiro atoms. The van der Waals surface area contributed by atoms with Gasteiger partial charge in [0.1, 0.15) is 0 Å². The highest BCUT2D eigenvalue weighted by Gasteiger charge is 2.08. The lowest BCUT2D eigenvalue weighted by atomic mass is 10.1. The van der Waals surface area contributed by atoms with E-state index in [9.17, 15) is 0 Å². The van der Waals surface area contributed by atoms with Gasteiger partial charge < -0.3 is 10.0 Å². The minimum Gasteiger partial charge on any atom is -0.395 e. The smallest absolute Gasteiger partial charge is 0.0628 e. The molecule has 0 atom stereocenters. The zero-order chi connectivity index (χ0) is 12.1. The van der Waals surface area contributed by atoms with Crippen LogP contribution in [0.1, 0.15) is 23.4 Å². The molecule has 4 heteroatoms. The third kappa shape index (κ3) is 3.32. The fourth-order valence-electron chi connectivity index (χ4n) is 1.99. The lowest BCUT2D eigenvalue weighted by Crippen LogP contribution is -2.23. The summed E-state index contributed by atoms with van der Waals surface area (Å²) < 4.78 is 1.95. The molecule has 0 saturated heterocycles. The molecule has 0 bridgehead atoms. The molecule has 0 fully saturated rings. The van der Waals surface area contributed by atoms with Gasteiger partial charge in [-0.05, 0) is 45.8 Å². The van der Waals surface area contributed by atoms with Crippen molar-refractivity contribution in [2.75, 3.05) is 26.7 Å². The maximum atomic E-state index is 8.79. The van der Waals surface area contributed by atoms with E-state index >= 15 is 0 Å². The summed E-state index contributed by atoms with van der Waals surface area (Å²) in [5.41, 5.74) is 3.78. The number of hydrogen-bond acceptors (Lipinski definition) is 3. The Hall–Kier alpha value is -0.870. The predicted octanol–water partition coefficient (Wildman–Crippen LogP) is 0.894. The van der Waals surface area contributed by atoms with Gasteiger partial charge in [0.2, 0.25) is 0 Å². The van der Waals surface area contributed by atoms with E-state index in [1.54, 1.807) is 0 Å². The van der Waals surface area contributed by atoms with E-state index in [0.29, 0.717) is 0 Å². The first kappa shape index (κ1) is 13.2. The second-order valence-electron chi connectivity index (χ2n) is 4.40. The molecule has 16 heavy (non-hydrogen) atoms. The zero-order valence-electron chi connectivity index (χ0n) is 10.8. The van der Waals surface area contributed by atoms with E-state index in [1.807, 2.05) is 18.8 Å². The first-order valence-corrected chi connectivity index (χ1v) is 5.84. The van der Waals surface area contributed by atoms with Gasteiger partial charge in [-0.25, -0.2) is 0 Å². The number of aryl methyl sites for hydroxylation is 2. The van der Waals surface area contributed by atoms with Crippen LogP contribution in [0.5, 0.6) is 0 Å². The molecule has 0 aromatic carbocycles. The van der Waals surface area contributed by atoms with Gasteiger partial charge in [0, 0.05) is 19.3 Å². The van der Waals surface area contributed by atoms with Crippen LogP contribution in [0.2, 0.25) is 0 Å². The van der Waals surface area contributed by atoms with Gasteiger partial charge in [-0.2, -0.15) is 5.10 Å². The largest absolute Gasteiger partial charge is 0.395 e. The summed E-state index contributed by atoms with van der Waals surface area (Å²) in [5.74, 6) is 0. The lowest BCUT2D eigenvalue weighted by Gasteiger charge is -2.14. The van der Waals surface area contributed by atoms with Crippen LogP contribution in [0.3, 0.4) is 0 Å². The van der Waals surface area contributed by atoms with E-state index < -0.39 is 0 Å². The van der Waals surface area contributed by atoms with Crippen molar-refractivity contribution < 1.29 is 5.11 Å². The van der Waals surface area contributed by atoms with Crippen molar-refractivity contribution in [1.29, 1.82) is 0 Å². The normalized spacial score (nSPS) is 11.4. The molecule has 0 amide bonds. The molecular weight excluding hydrogens is 202 g/mol. The molecule has 1 rings (SSSR count). The van der Waals surface area contributed by atoms with Gasteiger partial charge >= 0.3 is 0 Å². The van der Waals surface area contributed by atoms with Crippen LogP contribution in [0.4, 0.5) is 0 Å². The molecule has 0 aliphatic carbocycles. The van der Waals surface area contributed by atoms with Crippen LogP contribution >= 0.6 is 0 Å². The molecule has 0 aliphatic heterocycles. The highest BCUT2D eigenvalue weighted by molar-refractivity contribution is 5.24. The van der Waals surface area contributed by atoms with Crippen molar-refractivity contribution >= 4 is 0 Å². The van der Waals surface area contributed by atoms with E-state index in [4.69, 9.17) is 5.11 Å². The molecule has 0 aliphatic rings. The first-order valence-electron chi connectivity index (χ1n) is 5.84. The first-order chi connectivity index (χ1) is 7.56. The third-order valence-corrected chi connectivity index (χ3v) is 3.11. The lowest BCUT2D eigenvalue weighted by molar-refractivity contribution is 0.220. The standard InChI is InChI=1S/C12H23N3O/c1-10-12(11(2)15(4)13-10)6-5-7-14(3)8-9-16/h16H,5-9H2,1-4H3. The maximum Gasteiger partial charge on any atom is 0.0628 e. The molecule has 1 aromatic rings. The molecule has 1 aromatic heterocycles. The van der Waals surface area contributed by atoms with Crippen LogP contribution in [0.25, 0.3) is 0 Å². The van der Waals surface area contributed by atoms with Crippen molar-refractivity contribution in [3.05, 3.63) is 17.0 Å². The summed E-state index contributed by atoms with van der Waals surface area (Å²) in [6.07, 6.45) is 2.19. The summed E-state index contributed by atoms with van der Waals surface area (Å²) in [6, 6.07) is 0. The van der Waals surface area contributed by atoms with E-state index in [-0.39, 0.29) is 6.61 Å². The van der Waals surface area contributed by atoms with Crippen molar-refractivity contribution in [2.24, 2.45) is 7.05 Å². The Bertz CT molecular complexity index is 333. The Morgan fingerprint density at radius 2 is 2.00 bits per heavy atom. The SMILES string of the molecule is Cc1nn(C)c(C)c1CCCN(C)CCO. The second kappa shape index (κ2) is 6.01. The summed E-state index contributed by atoms with van der Waals surface area (Å²) in [7, 11) is 4.03. The number of hydrogen-bond donors (Lipinski definition) is 1.